The first-order valence-corrected chi connectivity index (χ1v) is 6.79. The third kappa shape index (κ3) is 8.67. The standard InChI is InChI=1S/C9H12NO2S.C5H5.Fe/c10-8(9(11)12)6-13-5-7-3-1-2-4-7;1-2-4-5-3-1;/h1-4,8H,5-6,10H2,(H,11,12);1-5H;/q2*-1;+2/t8-;;/m0../s1. The molecule has 0 aliphatic heterocycles. The van der Waals surface area contributed by atoms with Gasteiger partial charge < -0.3 is 10.8 Å². The van der Waals surface area contributed by atoms with Crippen LogP contribution < -0.4 is 5.73 Å². The van der Waals surface area contributed by atoms with E-state index in [1.807, 2.05) is 54.6 Å². The van der Waals surface area contributed by atoms with Gasteiger partial charge in [-0.05, 0) is 5.75 Å². The Balaban J connectivity index is 0.000000454. The molecule has 5 heteroatoms. The van der Waals surface area contributed by atoms with Crippen LogP contribution in [0.25, 0.3) is 0 Å². The molecule has 2 rings (SSSR count). The molecule has 1 atom stereocenters. The van der Waals surface area contributed by atoms with Gasteiger partial charge in [0.15, 0.2) is 0 Å². The Morgan fingerprint density at radius 3 is 2.26 bits per heavy atom. The van der Waals surface area contributed by atoms with Gasteiger partial charge in [0.25, 0.3) is 0 Å². The van der Waals surface area contributed by atoms with E-state index in [-0.39, 0.29) is 17.1 Å². The zero-order valence-electron chi connectivity index (χ0n) is 10.4. The molecule has 2 aromatic carbocycles. The minimum atomic E-state index is -0.935. The van der Waals surface area contributed by atoms with Crippen molar-refractivity contribution in [1.29, 1.82) is 0 Å². The van der Waals surface area contributed by atoms with Gasteiger partial charge in [0.2, 0.25) is 0 Å². The van der Waals surface area contributed by atoms with Crippen LogP contribution in [0, 0.1) is 0 Å². The summed E-state index contributed by atoms with van der Waals surface area (Å²) in [6, 6.07) is 17.2. The molecule has 0 fully saturated rings. The fraction of sp³-hybridized carbons (Fsp3) is 0.214. The van der Waals surface area contributed by atoms with Crippen LogP contribution in [0.15, 0.2) is 54.6 Å². The van der Waals surface area contributed by atoms with E-state index < -0.39 is 12.0 Å². The van der Waals surface area contributed by atoms with E-state index in [0.717, 1.165) is 5.75 Å². The molecule has 0 radical (unpaired) electrons. The van der Waals surface area contributed by atoms with Crippen molar-refractivity contribution in [2.45, 2.75) is 11.8 Å². The minimum absolute atomic E-state index is 0. The molecule has 0 saturated carbocycles. The molecule has 0 aliphatic carbocycles. The predicted molar refractivity (Wildman–Crippen MR) is 75.8 cm³/mol. The molecule has 104 valence electrons. The van der Waals surface area contributed by atoms with Gasteiger partial charge in [-0.2, -0.15) is 42.1 Å². The number of aliphatic carboxylic acids is 1. The fourth-order valence-corrected chi connectivity index (χ4v) is 2.15. The van der Waals surface area contributed by atoms with Crippen LogP contribution in [0.2, 0.25) is 0 Å². The number of hydrogen-bond donors (Lipinski definition) is 2. The summed E-state index contributed by atoms with van der Waals surface area (Å²) < 4.78 is 0. The maximum absolute atomic E-state index is 10.4. The molecule has 0 saturated heterocycles. The molecule has 2 aromatic rings. The predicted octanol–water partition coefficient (Wildman–Crippen LogP) is 2.45. The Hall–Kier alpha value is -1.00. The summed E-state index contributed by atoms with van der Waals surface area (Å²) in [7, 11) is 0. The molecular formula is C14H17FeNO2S. The number of carbonyl (C=O) groups is 1. The van der Waals surface area contributed by atoms with Crippen molar-refractivity contribution in [1.82, 2.24) is 0 Å². The Kier molecular flexibility index (Phi) is 10.3. The number of hydrogen-bond acceptors (Lipinski definition) is 3. The van der Waals surface area contributed by atoms with Crippen molar-refractivity contribution < 1.29 is 27.0 Å². The smallest absolute Gasteiger partial charge is 0.480 e. The van der Waals surface area contributed by atoms with Gasteiger partial charge in [0.1, 0.15) is 6.04 Å². The van der Waals surface area contributed by atoms with Crippen molar-refractivity contribution >= 4 is 17.7 Å². The Labute approximate surface area is 128 Å². The monoisotopic (exact) mass is 319 g/mol. The number of carboxylic acids is 1. The molecule has 0 aromatic heterocycles. The Bertz CT molecular complexity index is 397. The molecule has 0 amide bonds. The molecular weight excluding hydrogens is 302 g/mol. The molecule has 0 spiro atoms. The second-order valence-corrected chi connectivity index (χ2v) is 4.75. The van der Waals surface area contributed by atoms with Gasteiger partial charge in [-0.15, -0.1) is 5.56 Å². The van der Waals surface area contributed by atoms with Crippen LogP contribution in [-0.2, 0) is 27.6 Å². The van der Waals surface area contributed by atoms with Crippen LogP contribution in [0.1, 0.15) is 5.56 Å². The third-order valence-corrected chi connectivity index (χ3v) is 3.30. The SMILES string of the molecule is N[C@@H](CSC[c-]1cccc1)C(=O)O.[Fe+2].c1cc[cH-]c1. The van der Waals surface area contributed by atoms with E-state index in [2.05, 4.69) is 0 Å². The first kappa shape index (κ1) is 18.0. The summed E-state index contributed by atoms with van der Waals surface area (Å²) in [4.78, 5) is 10.4. The van der Waals surface area contributed by atoms with E-state index in [9.17, 15) is 4.79 Å². The summed E-state index contributed by atoms with van der Waals surface area (Å²) in [5.74, 6) is 0.351. The van der Waals surface area contributed by atoms with Crippen molar-refractivity contribution in [2.24, 2.45) is 5.73 Å². The summed E-state index contributed by atoms with van der Waals surface area (Å²) in [5, 5.41) is 8.50. The largest absolute Gasteiger partial charge is 2.00 e. The quantitative estimate of drug-likeness (QED) is 0.656. The first-order chi connectivity index (χ1) is 8.70. The Morgan fingerprint density at radius 2 is 1.84 bits per heavy atom. The number of rotatable bonds is 5. The van der Waals surface area contributed by atoms with E-state index >= 15 is 0 Å². The topological polar surface area (TPSA) is 63.3 Å². The van der Waals surface area contributed by atoms with Crippen molar-refractivity contribution in [3.63, 3.8) is 0 Å². The van der Waals surface area contributed by atoms with E-state index in [4.69, 9.17) is 10.8 Å². The molecule has 0 unspecified atom stereocenters. The maximum Gasteiger partial charge on any atom is 2.00 e. The summed E-state index contributed by atoms with van der Waals surface area (Å²) >= 11 is 1.54. The van der Waals surface area contributed by atoms with Gasteiger partial charge in [0.05, 0.1) is 0 Å². The normalized spacial score (nSPS) is 10.8. The van der Waals surface area contributed by atoms with Gasteiger partial charge in [-0.1, -0.05) is 0 Å². The van der Waals surface area contributed by atoms with Gasteiger partial charge >= 0.3 is 23.0 Å². The average molecular weight is 319 g/mol. The second kappa shape index (κ2) is 10.9. The fourth-order valence-electron chi connectivity index (χ4n) is 1.21. The van der Waals surface area contributed by atoms with Crippen molar-refractivity contribution in [3.8, 4) is 0 Å². The van der Waals surface area contributed by atoms with Crippen molar-refractivity contribution in [2.75, 3.05) is 5.75 Å². The summed E-state index contributed by atoms with van der Waals surface area (Å²) in [5.41, 5.74) is 6.55. The third-order valence-electron chi connectivity index (χ3n) is 2.17. The second-order valence-electron chi connectivity index (χ2n) is 3.72. The molecule has 3 nitrogen and oxygen atoms in total. The van der Waals surface area contributed by atoms with E-state index in [1.54, 1.807) is 11.8 Å². The molecule has 19 heavy (non-hydrogen) atoms. The summed E-state index contributed by atoms with van der Waals surface area (Å²) in [6.45, 7) is 0. The number of thioether (sulfide) groups is 1. The zero-order valence-corrected chi connectivity index (χ0v) is 12.3. The van der Waals surface area contributed by atoms with Crippen LogP contribution in [0.4, 0.5) is 0 Å². The van der Waals surface area contributed by atoms with Gasteiger partial charge in [0, 0.05) is 5.75 Å². The summed E-state index contributed by atoms with van der Waals surface area (Å²) in [6.07, 6.45) is 0. The molecule has 0 aliphatic rings. The number of nitrogens with two attached hydrogens (primary N) is 1. The molecule has 3 N–H and O–H groups in total. The minimum Gasteiger partial charge on any atom is -0.480 e. The Morgan fingerprint density at radius 1 is 1.26 bits per heavy atom. The van der Waals surface area contributed by atoms with Gasteiger partial charge in [-0.3, -0.25) is 4.79 Å². The molecule has 0 bridgehead atoms. The average Bonchev–Trinajstić information content (AvgIpc) is 3.04. The van der Waals surface area contributed by atoms with Gasteiger partial charge in [-0.25, -0.2) is 24.3 Å². The van der Waals surface area contributed by atoms with Crippen LogP contribution in [-0.4, -0.2) is 22.9 Å². The van der Waals surface area contributed by atoms with Crippen LogP contribution >= 0.6 is 11.8 Å². The first-order valence-electron chi connectivity index (χ1n) is 5.63. The number of carboxylic acid groups (broad SMARTS) is 1. The van der Waals surface area contributed by atoms with Crippen LogP contribution in [0.3, 0.4) is 0 Å². The maximum atomic E-state index is 10.4. The van der Waals surface area contributed by atoms with Crippen LogP contribution in [0.5, 0.6) is 0 Å². The molecule has 0 heterocycles. The van der Waals surface area contributed by atoms with E-state index in [0.29, 0.717) is 5.75 Å². The zero-order chi connectivity index (χ0) is 13.2. The van der Waals surface area contributed by atoms with E-state index in [1.165, 1.54) is 5.56 Å². The van der Waals surface area contributed by atoms with Crippen molar-refractivity contribution in [3.05, 3.63) is 60.2 Å².